The van der Waals surface area contributed by atoms with Gasteiger partial charge in [0.1, 0.15) is 11.7 Å². The number of amides is 1. The van der Waals surface area contributed by atoms with Crippen LogP contribution in [0.15, 0.2) is 33.9 Å². The van der Waals surface area contributed by atoms with E-state index < -0.39 is 6.04 Å². The lowest BCUT2D eigenvalue weighted by Crippen LogP contribution is -2.39. The number of hydrogen-bond acceptors (Lipinski definition) is 7. The summed E-state index contributed by atoms with van der Waals surface area (Å²) >= 11 is 1.52. The van der Waals surface area contributed by atoms with Crippen molar-refractivity contribution in [2.24, 2.45) is 0 Å². The minimum absolute atomic E-state index is 0.206. The molecular weight excluding hydrogens is 416 g/mol. The van der Waals surface area contributed by atoms with Crippen LogP contribution in [0, 0.1) is 13.8 Å². The minimum Gasteiger partial charge on any atom is -0.352 e. The Balaban J connectivity index is 1.42. The van der Waals surface area contributed by atoms with Gasteiger partial charge in [0.15, 0.2) is 0 Å². The second kappa shape index (κ2) is 8.54. The Morgan fingerprint density at radius 2 is 1.90 bits per heavy atom. The first-order chi connectivity index (χ1) is 14.8. The lowest BCUT2D eigenvalue weighted by Gasteiger charge is -2.15. The highest BCUT2D eigenvalue weighted by atomic mass is 32.1. The van der Waals surface area contributed by atoms with Crippen LogP contribution in [0.25, 0.3) is 10.6 Å². The number of nitrogens with one attached hydrogen (secondary N) is 1. The van der Waals surface area contributed by atoms with E-state index in [9.17, 15) is 14.4 Å². The zero-order valence-corrected chi connectivity index (χ0v) is 18.5. The van der Waals surface area contributed by atoms with Gasteiger partial charge in [-0.05, 0) is 45.7 Å². The van der Waals surface area contributed by atoms with E-state index in [1.54, 1.807) is 19.1 Å². The van der Waals surface area contributed by atoms with Gasteiger partial charge in [-0.3, -0.25) is 14.4 Å². The summed E-state index contributed by atoms with van der Waals surface area (Å²) < 4.78 is 2.55. The number of carbonyl (C=O) groups excluding carboxylic acids is 1. The third-order valence-electron chi connectivity index (χ3n) is 5.21. The molecule has 3 aromatic heterocycles. The maximum atomic E-state index is 12.6. The number of nitrogens with zero attached hydrogens (tertiary/aromatic N) is 5. The maximum Gasteiger partial charge on any atom is 0.267 e. The van der Waals surface area contributed by atoms with Gasteiger partial charge in [0.2, 0.25) is 5.91 Å². The quantitative estimate of drug-likeness (QED) is 0.600. The van der Waals surface area contributed by atoms with E-state index in [1.165, 1.54) is 32.8 Å². The Morgan fingerprint density at radius 1 is 1.16 bits per heavy atom. The van der Waals surface area contributed by atoms with Crippen LogP contribution >= 0.6 is 11.3 Å². The molecule has 162 valence electrons. The van der Waals surface area contributed by atoms with Crippen LogP contribution in [0.1, 0.15) is 48.1 Å². The first kappa shape index (κ1) is 21.1. The fraction of sp³-hybridized carbons (Fsp3) is 0.429. The molecule has 0 saturated heterocycles. The molecule has 0 aromatic carbocycles. The Kier molecular flexibility index (Phi) is 5.81. The number of aromatic nitrogens is 5. The van der Waals surface area contributed by atoms with Crippen molar-refractivity contribution in [1.82, 2.24) is 29.9 Å². The average molecular weight is 441 g/mol. The molecule has 1 aliphatic carbocycles. The molecule has 9 nitrogen and oxygen atoms in total. The average Bonchev–Trinajstić information content (AvgIpc) is 3.53. The number of aryl methyl sites for hydroxylation is 2. The molecular formula is C21H24N6O3S. The van der Waals surface area contributed by atoms with Gasteiger partial charge in [0.05, 0.1) is 27.8 Å². The fourth-order valence-corrected chi connectivity index (χ4v) is 4.24. The molecule has 4 rings (SSSR count). The molecule has 0 spiro atoms. The van der Waals surface area contributed by atoms with E-state index in [0.717, 1.165) is 34.1 Å². The molecule has 0 radical (unpaired) electrons. The Hall–Kier alpha value is -3.14. The predicted molar refractivity (Wildman–Crippen MR) is 117 cm³/mol. The van der Waals surface area contributed by atoms with E-state index in [0.29, 0.717) is 11.6 Å². The van der Waals surface area contributed by atoms with E-state index in [2.05, 4.69) is 20.5 Å². The molecule has 10 heteroatoms. The Bertz CT molecular complexity index is 1240. The van der Waals surface area contributed by atoms with Crippen molar-refractivity contribution in [2.75, 3.05) is 6.54 Å². The van der Waals surface area contributed by atoms with E-state index >= 15 is 0 Å². The summed E-state index contributed by atoms with van der Waals surface area (Å²) in [5.74, 6) is 0.0546. The number of carbonyl (C=O) groups is 1. The van der Waals surface area contributed by atoms with Crippen molar-refractivity contribution in [3.8, 4) is 10.6 Å². The molecule has 1 saturated carbocycles. The van der Waals surface area contributed by atoms with Gasteiger partial charge < -0.3 is 5.32 Å². The van der Waals surface area contributed by atoms with Crippen LogP contribution in [-0.2, 0) is 11.3 Å². The summed E-state index contributed by atoms with van der Waals surface area (Å²) in [6.45, 7) is 5.89. The van der Waals surface area contributed by atoms with Gasteiger partial charge in [-0.15, -0.1) is 11.3 Å². The standard InChI is InChI=1S/C21H24N6O3S/c1-12-20(31-14(3)23-12)17-7-8-18(28)26(24-17)11-10-22-21(30)13(2)27-19(29)9-6-16(25-27)15-4-5-15/h6-9,13,15H,4-5,10-11H2,1-3H3,(H,22,30). The Labute approximate surface area is 182 Å². The van der Waals surface area contributed by atoms with Crippen molar-refractivity contribution in [2.45, 2.75) is 52.1 Å². The molecule has 1 unspecified atom stereocenters. The SMILES string of the molecule is Cc1nc(C)c(-c2ccc(=O)n(CCNC(=O)C(C)n3nc(C4CC4)ccc3=O)n2)s1. The van der Waals surface area contributed by atoms with Crippen molar-refractivity contribution in [3.63, 3.8) is 0 Å². The molecule has 1 amide bonds. The van der Waals surface area contributed by atoms with Crippen molar-refractivity contribution in [3.05, 3.63) is 61.4 Å². The molecule has 3 heterocycles. The fourth-order valence-electron chi connectivity index (χ4n) is 3.36. The number of thiazole rings is 1. The van der Waals surface area contributed by atoms with Gasteiger partial charge in [0.25, 0.3) is 11.1 Å². The third-order valence-corrected chi connectivity index (χ3v) is 6.31. The van der Waals surface area contributed by atoms with Crippen LogP contribution < -0.4 is 16.4 Å². The smallest absolute Gasteiger partial charge is 0.267 e. The summed E-state index contributed by atoms with van der Waals surface area (Å²) in [5, 5.41) is 12.5. The van der Waals surface area contributed by atoms with Crippen LogP contribution in [-0.4, -0.2) is 37.0 Å². The number of hydrogen-bond donors (Lipinski definition) is 1. The molecule has 1 fully saturated rings. The summed E-state index contributed by atoms with van der Waals surface area (Å²) in [4.78, 5) is 42.3. The highest BCUT2D eigenvalue weighted by Gasteiger charge is 2.27. The van der Waals surface area contributed by atoms with Crippen LogP contribution in [0.3, 0.4) is 0 Å². The van der Waals surface area contributed by atoms with Crippen molar-refractivity contribution in [1.29, 1.82) is 0 Å². The Morgan fingerprint density at radius 3 is 2.58 bits per heavy atom. The first-order valence-corrected chi connectivity index (χ1v) is 11.0. The van der Waals surface area contributed by atoms with E-state index in [-0.39, 0.29) is 30.1 Å². The lowest BCUT2D eigenvalue weighted by molar-refractivity contribution is -0.124. The summed E-state index contributed by atoms with van der Waals surface area (Å²) in [6, 6.07) is 5.60. The molecule has 1 N–H and O–H groups in total. The van der Waals surface area contributed by atoms with Crippen molar-refractivity contribution < 1.29 is 4.79 Å². The van der Waals surface area contributed by atoms with E-state index in [4.69, 9.17) is 0 Å². The molecule has 3 aromatic rings. The normalized spacial score (nSPS) is 14.4. The predicted octanol–water partition coefficient (Wildman–Crippen LogP) is 1.80. The van der Waals surface area contributed by atoms with Gasteiger partial charge in [-0.2, -0.15) is 10.2 Å². The second-order valence-corrected chi connectivity index (χ2v) is 8.91. The summed E-state index contributed by atoms with van der Waals surface area (Å²) in [7, 11) is 0. The van der Waals surface area contributed by atoms with Crippen LogP contribution in [0.4, 0.5) is 0 Å². The third kappa shape index (κ3) is 4.63. The van der Waals surface area contributed by atoms with Crippen LogP contribution in [0.2, 0.25) is 0 Å². The highest BCUT2D eigenvalue weighted by Crippen LogP contribution is 2.38. The maximum absolute atomic E-state index is 12.6. The first-order valence-electron chi connectivity index (χ1n) is 10.2. The van der Waals surface area contributed by atoms with Gasteiger partial charge in [-0.25, -0.2) is 14.3 Å². The molecule has 1 aliphatic rings. The zero-order valence-electron chi connectivity index (χ0n) is 17.7. The largest absolute Gasteiger partial charge is 0.352 e. The monoisotopic (exact) mass is 440 g/mol. The minimum atomic E-state index is -0.745. The van der Waals surface area contributed by atoms with Crippen molar-refractivity contribution >= 4 is 17.2 Å². The van der Waals surface area contributed by atoms with E-state index in [1.807, 2.05) is 13.8 Å². The van der Waals surface area contributed by atoms with Gasteiger partial charge in [0, 0.05) is 24.6 Å². The number of rotatable bonds is 7. The van der Waals surface area contributed by atoms with Gasteiger partial charge >= 0.3 is 0 Å². The second-order valence-electron chi connectivity index (χ2n) is 7.71. The lowest BCUT2D eigenvalue weighted by atomic mass is 10.2. The summed E-state index contributed by atoms with van der Waals surface area (Å²) in [5.41, 5.74) is 1.83. The van der Waals surface area contributed by atoms with Gasteiger partial charge in [-0.1, -0.05) is 0 Å². The molecule has 1 atom stereocenters. The topological polar surface area (TPSA) is 112 Å². The zero-order chi connectivity index (χ0) is 22.1. The van der Waals surface area contributed by atoms with Crippen LogP contribution in [0.5, 0.6) is 0 Å². The molecule has 31 heavy (non-hydrogen) atoms. The highest BCUT2D eigenvalue weighted by molar-refractivity contribution is 7.15. The molecule has 0 aliphatic heterocycles. The summed E-state index contributed by atoms with van der Waals surface area (Å²) in [6.07, 6.45) is 2.13. The molecule has 0 bridgehead atoms.